The number of halogens is 1. The summed E-state index contributed by atoms with van der Waals surface area (Å²) < 4.78 is 0. The molecule has 2 aliphatic heterocycles. The van der Waals surface area contributed by atoms with Crippen molar-refractivity contribution in [1.29, 1.82) is 0 Å². The molecular weight excluding hydrogens is 240 g/mol. The molecule has 0 N–H and O–H groups in total. The Morgan fingerprint density at radius 3 is 2.56 bits per heavy atom. The number of rotatable bonds is 3. The zero-order valence-corrected chi connectivity index (χ0v) is 11.8. The molecule has 2 rings (SSSR count). The van der Waals surface area contributed by atoms with Crippen molar-refractivity contribution >= 4 is 28.5 Å². The van der Waals surface area contributed by atoms with Crippen LogP contribution in [0.15, 0.2) is 16.1 Å². The van der Waals surface area contributed by atoms with Crippen LogP contribution < -0.4 is 0 Å². The summed E-state index contributed by atoms with van der Waals surface area (Å²) in [6.45, 7) is 9.04. The molecule has 2 heterocycles. The van der Waals surface area contributed by atoms with E-state index in [2.05, 4.69) is 38.0 Å². The topological polar surface area (TPSA) is 15.6 Å². The first-order valence-corrected chi connectivity index (χ1v) is 7.26. The van der Waals surface area contributed by atoms with Crippen LogP contribution >= 0.6 is 23.4 Å². The number of thioether (sulfide) groups is 1. The van der Waals surface area contributed by atoms with Gasteiger partial charge in [0.25, 0.3) is 0 Å². The van der Waals surface area contributed by atoms with Crippen molar-refractivity contribution in [2.75, 3.05) is 5.88 Å². The van der Waals surface area contributed by atoms with E-state index in [9.17, 15) is 0 Å². The summed E-state index contributed by atoms with van der Waals surface area (Å²) in [6.07, 6.45) is 0. The van der Waals surface area contributed by atoms with Gasteiger partial charge >= 0.3 is 0 Å². The lowest BCUT2D eigenvalue weighted by atomic mass is 9.89. The van der Waals surface area contributed by atoms with E-state index in [1.807, 2.05) is 0 Å². The summed E-state index contributed by atoms with van der Waals surface area (Å²) in [5.74, 6) is 1.77. The van der Waals surface area contributed by atoms with Gasteiger partial charge in [0.05, 0.1) is 18.0 Å². The van der Waals surface area contributed by atoms with Gasteiger partial charge in [0.15, 0.2) is 5.17 Å². The van der Waals surface area contributed by atoms with Gasteiger partial charge in [-0.05, 0) is 17.2 Å². The normalized spacial score (nSPS) is 28.8. The molecule has 0 aromatic carbocycles. The van der Waals surface area contributed by atoms with Crippen LogP contribution in [-0.4, -0.2) is 28.0 Å². The van der Waals surface area contributed by atoms with Crippen molar-refractivity contribution in [2.24, 2.45) is 16.8 Å². The zero-order valence-electron chi connectivity index (χ0n) is 10.3. The van der Waals surface area contributed by atoms with E-state index in [1.165, 1.54) is 5.70 Å². The lowest BCUT2D eigenvalue weighted by Crippen LogP contribution is -2.42. The van der Waals surface area contributed by atoms with Gasteiger partial charge in [-0.1, -0.05) is 39.5 Å². The Bertz CT molecular complexity index is 336. The highest BCUT2D eigenvalue weighted by molar-refractivity contribution is 8.16. The Hall–Kier alpha value is -0.150. The SMILES string of the molecule is CC(C)[C@@H]1N=C2SC=C(CCl)N2[C@H]1C(C)C. The molecule has 0 aromatic heterocycles. The number of aliphatic imine (C=N–C) groups is 1. The van der Waals surface area contributed by atoms with Crippen molar-refractivity contribution in [3.05, 3.63) is 11.1 Å². The van der Waals surface area contributed by atoms with Gasteiger partial charge in [-0.3, -0.25) is 4.99 Å². The largest absolute Gasteiger partial charge is 0.317 e. The third kappa shape index (κ3) is 1.88. The van der Waals surface area contributed by atoms with E-state index in [0.29, 0.717) is 29.8 Å². The number of amidine groups is 1. The quantitative estimate of drug-likeness (QED) is 0.720. The molecule has 0 radical (unpaired) electrons. The highest BCUT2D eigenvalue weighted by Crippen LogP contribution is 2.40. The van der Waals surface area contributed by atoms with Crippen molar-refractivity contribution in [3.63, 3.8) is 0 Å². The number of nitrogens with zero attached hydrogens (tertiary/aromatic N) is 2. The average Bonchev–Trinajstić information content (AvgIpc) is 2.73. The molecule has 4 heteroatoms. The minimum absolute atomic E-state index is 0.411. The number of alkyl halides is 1. The van der Waals surface area contributed by atoms with E-state index >= 15 is 0 Å². The lowest BCUT2D eigenvalue weighted by molar-refractivity contribution is 0.251. The van der Waals surface area contributed by atoms with Gasteiger partial charge in [0.1, 0.15) is 0 Å². The second-order valence-electron chi connectivity index (χ2n) is 5.11. The molecule has 0 amide bonds. The maximum atomic E-state index is 5.99. The summed E-state index contributed by atoms with van der Waals surface area (Å²) >= 11 is 7.71. The van der Waals surface area contributed by atoms with Crippen LogP contribution in [0, 0.1) is 11.8 Å². The Balaban J connectivity index is 2.28. The summed E-state index contributed by atoms with van der Waals surface area (Å²) in [4.78, 5) is 7.20. The molecule has 2 nitrogen and oxygen atoms in total. The Kier molecular flexibility index (Phi) is 3.55. The predicted octanol–water partition coefficient (Wildman–Crippen LogP) is 3.53. The van der Waals surface area contributed by atoms with Crippen LogP contribution in [0.2, 0.25) is 0 Å². The van der Waals surface area contributed by atoms with E-state index in [0.717, 1.165) is 5.17 Å². The van der Waals surface area contributed by atoms with Crippen molar-refractivity contribution in [3.8, 4) is 0 Å². The molecule has 16 heavy (non-hydrogen) atoms. The Morgan fingerprint density at radius 2 is 2.06 bits per heavy atom. The summed E-state index contributed by atoms with van der Waals surface area (Å²) in [5, 5.41) is 3.28. The number of allylic oxidation sites excluding steroid dienone is 1. The molecule has 0 saturated carbocycles. The number of hydrogen-bond donors (Lipinski definition) is 0. The molecule has 0 aromatic rings. The summed E-state index contributed by atoms with van der Waals surface area (Å²) in [6, 6.07) is 0.893. The summed E-state index contributed by atoms with van der Waals surface area (Å²) in [7, 11) is 0. The minimum atomic E-state index is 0.411. The van der Waals surface area contributed by atoms with Crippen LogP contribution in [0.5, 0.6) is 0 Å². The first-order valence-electron chi connectivity index (χ1n) is 5.85. The highest BCUT2D eigenvalue weighted by Gasteiger charge is 2.43. The second-order valence-corrected chi connectivity index (χ2v) is 6.22. The monoisotopic (exact) mass is 258 g/mol. The molecule has 0 bridgehead atoms. The van der Waals surface area contributed by atoms with E-state index < -0.39 is 0 Å². The van der Waals surface area contributed by atoms with Gasteiger partial charge < -0.3 is 4.90 Å². The van der Waals surface area contributed by atoms with Gasteiger partial charge in [0, 0.05) is 5.70 Å². The second kappa shape index (κ2) is 4.61. The fraction of sp³-hybridized carbons (Fsp3) is 0.750. The standard InChI is InChI=1S/C12H19ClN2S/c1-7(2)10-11(8(3)4)15-9(5-13)6-16-12(15)14-10/h6-8,10-11H,5H2,1-4H3/t10-,11-/m0/s1. The molecule has 0 spiro atoms. The molecule has 0 saturated heterocycles. The van der Waals surface area contributed by atoms with Crippen molar-refractivity contribution < 1.29 is 0 Å². The number of hydrogen-bond acceptors (Lipinski definition) is 3. The highest BCUT2D eigenvalue weighted by atomic mass is 35.5. The molecule has 90 valence electrons. The molecule has 0 fully saturated rings. The molecule has 0 aliphatic carbocycles. The van der Waals surface area contributed by atoms with E-state index in [1.54, 1.807) is 11.8 Å². The van der Waals surface area contributed by atoms with Gasteiger partial charge in [-0.15, -0.1) is 11.6 Å². The molecular formula is C12H19ClN2S. The first-order chi connectivity index (χ1) is 7.56. The third-order valence-corrected chi connectivity index (χ3v) is 4.40. The van der Waals surface area contributed by atoms with Crippen molar-refractivity contribution in [1.82, 2.24) is 4.90 Å². The Labute approximate surface area is 107 Å². The maximum absolute atomic E-state index is 5.99. The first kappa shape index (κ1) is 12.3. The minimum Gasteiger partial charge on any atom is -0.317 e. The Morgan fingerprint density at radius 1 is 1.38 bits per heavy atom. The van der Waals surface area contributed by atoms with Crippen LogP contribution in [0.3, 0.4) is 0 Å². The third-order valence-electron chi connectivity index (χ3n) is 3.23. The van der Waals surface area contributed by atoms with Gasteiger partial charge in [-0.25, -0.2) is 0 Å². The van der Waals surface area contributed by atoms with Gasteiger partial charge in [0.2, 0.25) is 0 Å². The predicted molar refractivity (Wildman–Crippen MR) is 72.9 cm³/mol. The van der Waals surface area contributed by atoms with Crippen molar-refractivity contribution in [2.45, 2.75) is 39.8 Å². The summed E-state index contributed by atoms with van der Waals surface area (Å²) in [5.41, 5.74) is 1.22. The van der Waals surface area contributed by atoms with Crippen LogP contribution in [0.4, 0.5) is 0 Å². The van der Waals surface area contributed by atoms with E-state index in [4.69, 9.17) is 16.6 Å². The van der Waals surface area contributed by atoms with Gasteiger partial charge in [-0.2, -0.15) is 0 Å². The smallest absolute Gasteiger partial charge is 0.168 e. The lowest BCUT2D eigenvalue weighted by Gasteiger charge is -2.32. The molecule has 0 unspecified atom stereocenters. The van der Waals surface area contributed by atoms with Crippen LogP contribution in [0.1, 0.15) is 27.7 Å². The fourth-order valence-corrected chi connectivity index (χ4v) is 3.73. The van der Waals surface area contributed by atoms with Crippen LogP contribution in [-0.2, 0) is 0 Å². The van der Waals surface area contributed by atoms with Crippen LogP contribution in [0.25, 0.3) is 0 Å². The average molecular weight is 259 g/mol. The fourth-order valence-electron chi connectivity index (χ4n) is 2.46. The molecule has 2 atom stereocenters. The molecule has 2 aliphatic rings. The number of fused-ring (bicyclic) bond motifs is 1. The van der Waals surface area contributed by atoms with E-state index in [-0.39, 0.29) is 0 Å². The maximum Gasteiger partial charge on any atom is 0.168 e. The zero-order chi connectivity index (χ0) is 11.9.